The molecule has 1 aliphatic rings. The lowest BCUT2D eigenvalue weighted by atomic mass is 10.2. The molecule has 0 bridgehead atoms. The van der Waals surface area contributed by atoms with Crippen LogP contribution >= 0.6 is 0 Å². The van der Waals surface area contributed by atoms with Gasteiger partial charge in [-0.15, -0.1) is 0 Å². The lowest BCUT2D eigenvalue weighted by Gasteiger charge is -2.14. The summed E-state index contributed by atoms with van der Waals surface area (Å²) in [6.07, 6.45) is 1.34. The fraction of sp³-hybridized carbons (Fsp3) is 0.308. The van der Waals surface area contributed by atoms with Crippen molar-refractivity contribution < 1.29 is 9.59 Å². The average molecular weight is 243 g/mol. The average Bonchev–Trinajstić information content (AvgIpc) is 2.75. The van der Waals surface area contributed by atoms with Gasteiger partial charge in [-0.05, 0) is 24.6 Å². The molecule has 18 heavy (non-hydrogen) atoms. The van der Waals surface area contributed by atoms with Gasteiger partial charge in [-0.25, -0.2) is 0 Å². The van der Waals surface area contributed by atoms with Crippen molar-refractivity contribution >= 4 is 17.5 Å². The monoisotopic (exact) mass is 243 g/mol. The van der Waals surface area contributed by atoms with Crippen molar-refractivity contribution in [2.75, 3.05) is 18.4 Å². The number of nitriles is 1. The molecule has 5 heteroatoms. The molecule has 0 radical (unpaired) electrons. The molecule has 1 aromatic rings. The minimum atomic E-state index is -0.236. The second-order valence-electron chi connectivity index (χ2n) is 4.16. The van der Waals surface area contributed by atoms with Crippen LogP contribution in [-0.2, 0) is 9.59 Å². The van der Waals surface area contributed by atoms with E-state index < -0.39 is 0 Å². The van der Waals surface area contributed by atoms with Gasteiger partial charge >= 0.3 is 0 Å². The van der Waals surface area contributed by atoms with E-state index in [1.807, 2.05) is 6.07 Å². The molecule has 1 aromatic carbocycles. The molecule has 1 heterocycles. The smallest absolute Gasteiger partial charge is 0.243 e. The highest BCUT2D eigenvalue weighted by Crippen LogP contribution is 2.12. The number of likely N-dealkylation sites (tertiary alicyclic amines) is 1. The maximum atomic E-state index is 11.7. The van der Waals surface area contributed by atoms with Crippen LogP contribution in [0.2, 0.25) is 0 Å². The summed E-state index contributed by atoms with van der Waals surface area (Å²) in [6.45, 7) is 0.722. The molecule has 0 unspecified atom stereocenters. The van der Waals surface area contributed by atoms with Gasteiger partial charge in [-0.3, -0.25) is 9.59 Å². The molecule has 1 N–H and O–H groups in total. The van der Waals surface area contributed by atoms with Crippen molar-refractivity contribution in [2.45, 2.75) is 12.8 Å². The van der Waals surface area contributed by atoms with Gasteiger partial charge in [0.15, 0.2) is 0 Å². The van der Waals surface area contributed by atoms with Crippen LogP contribution in [0.4, 0.5) is 5.69 Å². The first-order chi connectivity index (χ1) is 8.69. The van der Waals surface area contributed by atoms with Crippen LogP contribution in [0.5, 0.6) is 0 Å². The summed E-state index contributed by atoms with van der Waals surface area (Å²) in [5.41, 5.74) is 1.07. The summed E-state index contributed by atoms with van der Waals surface area (Å²) in [6, 6.07) is 8.69. The molecular weight excluding hydrogens is 230 g/mol. The van der Waals surface area contributed by atoms with Crippen LogP contribution in [0.15, 0.2) is 24.3 Å². The molecule has 5 nitrogen and oxygen atoms in total. The first-order valence-corrected chi connectivity index (χ1v) is 5.77. The first-order valence-electron chi connectivity index (χ1n) is 5.77. The molecule has 2 amide bonds. The molecule has 1 saturated heterocycles. The molecule has 0 atom stereocenters. The van der Waals surface area contributed by atoms with Crippen molar-refractivity contribution in [3.63, 3.8) is 0 Å². The van der Waals surface area contributed by atoms with Crippen LogP contribution in [0.3, 0.4) is 0 Å². The largest absolute Gasteiger partial charge is 0.333 e. The first kappa shape index (κ1) is 12.1. The van der Waals surface area contributed by atoms with Gasteiger partial charge in [0.25, 0.3) is 0 Å². The predicted molar refractivity (Wildman–Crippen MR) is 65.6 cm³/mol. The molecule has 1 fully saturated rings. The van der Waals surface area contributed by atoms with Gasteiger partial charge in [0.05, 0.1) is 18.2 Å². The Kier molecular flexibility index (Phi) is 3.58. The lowest BCUT2D eigenvalue weighted by molar-refractivity contribution is -0.131. The van der Waals surface area contributed by atoms with E-state index in [9.17, 15) is 9.59 Å². The number of anilines is 1. The Balaban J connectivity index is 1.94. The Morgan fingerprint density at radius 2 is 2.33 bits per heavy atom. The van der Waals surface area contributed by atoms with E-state index >= 15 is 0 Å². The molecule has 2 rings (SSSR count). The Morgan fingerprint density at radius 3 is 3.00 bits per heavy atom. The van der Waals surface area contributed by atoms with Gasteiger partial charge in [0, 0.05) is 18.7 Å². The number of hydrogen-bond donors (Lipinski definition) is 1. The normalized spacial score (nSPS) is 14.4. The number of carbonyl (C=O) groups is 2. The van der Waals surface area contributed by atoms with E-state index in [0.717, 1.165) is 6.42 Å². The van der Waals surface area contributed by atoms with Crippen molar-refractivity contribution in [1.82, 2.24) is 4.90 Å². The standard InChI is InChI=1S/C13H13N3O2/c14-8-10-3-1-4-11(7-10)15-12(17)9-16-6-2-5-13(16)18/h1,3-4,7H,2,5-6,9H2,(H,15,17). The maximum Gasteiger partial charge on any atom is 0.243 e. The zero-order valence-corrected chi connectivity index (χ0v) is 9.85. The minimum Gasteiger partial charge on any atom is -0.333 e. The third kappa shape index (κ3) is 2.86. The second-order valence-corrected chi connectivity index (χ2v) is 4.16. The molecular formula is C13H13N3O2. The highest BCUT2D eigenvalue weighted by molar-refractivity contribution is 5.95. The van der Waals surface area contributed by atoms with Crippen LogP contribution in [0, 0.1) is 11.3 Å². The third-order valence-electron chi connectivity index (χ3n) is 2.78. The van der Waals surface area contributed by atoms with Gasteiger partial charge in [-0.2, -0.15) is 5.26 Å². The molecule has 0 aliphatic carbocycles. The van der Waals surface area contributed by atoms with Gasteiger partial charge in [0.2, 0.25) is 11.8 Å². The van der Waals surface area contributed by atoms with E-state index in [2.05, 4.69) is 5.32 Å². The Labute approximate surface area is 105 Å². The van der Waals surface area contributed by atoms with Gasteiger partial charge < -0.3 is 10.2 Å². The number of hydrogen-bond acceptors (Lipinski definition) is 3. The summed E-state index contributed by atoms with van der Waals surface area (Å²) < 4.78 is 0. The van der Waals surface area contributed by atoms with E-state index in [1.54, 1.807) is 29.2 Å². The molecule has 92 valence electrons. The third-order valence-corrected chi connectivity index (χ3v) is 2.78. The van der Waals surface area contributed by atoms with Crippen molar-refractivity contribution in [2.24, 2.45) is 0 Å². The van der Waals surface area contributed by atoms with Gasteiger partial charge in [-0.1, -0.05) is 6.07 Å². The Morgan fingerprint density at radius 1 is 1.50 bits per heavy atom. The fourth-order valence-corrected chi connectivity index (χ4v) is 1.91. The summed E-state index contributed by atoms with van der Waals surface area (Å²) in [5.74, 6) is -0.212. The number of nitrogens with one attached hydrogen (secondary N) is 1. The molecule has 0 saturated carbocycles. The van der Waals surface area contributed by atoms with E-state index in [-0.39, 0.29) is 18.4 Å². The SMILES string of the molecule is N#Cc1cccc(NC(=O)CN2CCCC2=O)c1. The van der Waals surface area contributed by atoms with E-state index in [1.165, 1.54) is 0 Å². The second kappa shape index (κ2) is 5.32. The highest BCUT2D eigenvalue weighted by Gasteiger charge is 2.22. The van der Waals surface area contributed by atoms with Crippen LogP contribution in [0.25, 0.3) is 0 Å². The van der Waals surface area contributed by atoms with Crippen molar-refractivity contribution in [3.8, 4) is 6.07 Å². The number of benzene rings is 1. The quantitative estimate of drug-likeness (QED) is 0.864. The minimum absolute atomic E-state index is 0.0240. The van der Waals surface area contributed by atoms with Crippen LogP contribution in [-0.4, -0.2) is 29.8 Å². The lowest BCUT2D eigenvalue weighted by Crippen LogP contribution is -2.33. The Hall–Kier alpha value is -2.35. The Bertz CT molecular complexity index is 519. The topological polar surface area (TPSA) is 73.2 Å². The maximum absolute atomic E-state index is 11.7. The zero-order valence-electron chi connectivity index (χ0n) is 9.85. The van der Waals surface area contributed by atoms with Crippen molar-refractivity contribution in [3.05, 3.63) is 29.8 Å². The zero-order chi connectivity index (χ0) is 13.0. The van der Waals surface area contributed by atoms with Crippen molar-refractivity contribution in [1.29, 1.82) is 5.26 Å². The summed E-state index contributed by atoms with van der Waals surface area (Å²) in [7, 11) is 0. The summed E-state index contributed by atoms with van der Waals surface area (Å²) in [5, 5.41) is 11.4. The number of nitrogens with zero attached hydrogens (tertiary/aromatic N) is 2. The molecule has 0 aromatic heterocycles. The fourth-order valence-electron chi connectivity index (χ4n) is 1.91. The summed E-state index contributed by atoms with van der Waals surface area (Å²) in [4.78, 5) is 24.6. The number of carbonyl (C=O) groups excluding carboxylic acids is 2. The van der Waals surface area contributed by atoms with Crippen LogP contribution < -0.4 is 5.32 Å². The van der Waals surface area contributed by atoms with E-state index in [0.29, 0.717) is 24.2 Å². The number of amides is 2. The highest BCUT2D eigenvalue weighted by atomic mass is 16.2. The summed E-state index contributed by atoms with van der Waals surface area (Å²) >= 11 is 0. The molecule has 1 aliphatic heterocycles. The van der Waals surface area contributed by atoms with E-state index in [4.69, 9.17) is 5.26 Å². The molecule has 0 spiro atoms. The number of rotatable bonds is 3. The van der Waals surface area contributed by atoms with Crippen LogP contribution in [0.1, 0.15) is 18.4 Å². The predicted octanol–water partition coefficient (Wildman–Crippen LogP) is 1.12. The van der Waals surface area contributed by atoms with Gasteiger partial charge in [0.1, 0.15) is 0 Å².